The SMILES string of the molecule is COc1ccc(-c2ccc(C(=O)Nc3ccc(NC(C)=O)cc3)o2)c([N+](=O)[O-])c1. The fraction of sp³-hybridized carbons (Fsp3) is 0.100. The van der Waals surface area contributed by atoms with Crippen molar-refractivity contribution < 1.29 is 23.7 Å². The Morgan fingerprint density at radius 3 is 2.24 bits per heavy atom. The van der Waals surface area contributed by atoms with Crippen molar-refractivity contribution in [3.63, 3.8) is 0 Å². The Balaban J connectivity index is 1.78. The van der Waals surface area contributed by atoms with Crippen molar-refractivity contribution in [3.05, 3.63) is 70.5 Å². The number of nitrogens with zero attached hydrogens (tertiary/aromatic N) is 1. The number of anilines is 2. The van der Waals surface area contributed by atoms with Crippen LogP contribution in [0.5, 0.6) is 5.75 Å². The first-order valence-electron chi connectivity index (χ1n) is 8.49. The molecule has 0 aliphatic carbocycles. The van der Waals surface area contributed by atoms with Crippen molar-refractivity contribution in [1.29, 1.82) is 0 Å². The second-order valence-electron chi connectivity index (χ2n) is 6.02. The van der Waals surface area contributed by atoms with Crippen LogP contribution in [0.2, 0.25) is 0 Å². The largest absolute Gasteiger partial charge is 0.497 e. The van der Waals surface area contributed by atoms with Gasteiger partial charge in [0, 0.05) is 18.3 Å². The first-order chi connectivity index (χ1) is 13.9. The smallest absolute Gasteiger partial charge is 0.291 e. The zero-order chi connectivity index (χ0) is 21.0. The molecule has 0 bridgehead atoms. The fourth-order valence-electron chi connectivity index (χ4n) is 2.64. The number of methoxy groups -OCH3 is 1. The van der Waals surface area contributed by atoms with Gasteiger partial charge in [0.15, 0.2) is 5.76 Å². The molecule has 0 radical (unpaired) electrons. The average Bonchev–Trinajstić information content (AvgIpc) is 3.18. The quantitative estimate of drug-likeness (QED) is 0.479. The van der Waals surface area contributed by atoms with E-state index in [4.69, 9.17) is 9.15 Å². The Labute approximate surface area is 165 Å². The molecular formula is C20H17N3O6. The number of nitro benzene ring substituents is 1. The zero-order valence-electron chi connectivity index (χ0n) is 15.6. The number of benzene rings is 2. The van der Waals surface area contributed by atoms with Gasteiger partial charge in [-0.15, -0.1) is 0 Å². The molecular weight excluding hydrogens is 378 g/mol. The molecule has 3 aromatic rings. The molecule has 9 nitrogen and oxygen atoms in total. The molecule has 0 saturated heterocycles. The minimum atomic E-state index is -0.545. The normalized spacial score (nSPS) is 10.3. The number of amides is 2. The lowest BCUT2D eigenvalue weighted by Gasteiger charge is -2.06. The second-order valence-corrected chi connectivity index (χ2v) is 6.02. The van der Waals surface area contributed by atoms with Gasteiger partial charge in [-0.25, -0.2) is 0 Å². The van der Waals surface area contributed by atoms with Crippen LogP contribution in [0.25, 0.3) is 11.3 Å². The van der Waals surface area contributed by atoms with Crippen LogP contribution in [-0.2, 0) is 4.79 Å². The molecule has 148 valence electrons. The first-order valence-corrected chi connectivity index (χ1v) is 8.49. The van der Waals surface area contributed by atoms with Crippen LogP contribution in [0.15, 0.2) is 59.0 Å². The van der Waals surface area contributed by atoms with Crippen LogP contribution in [0.3, 0.4) is 0 Å². The number of rotatable bonds is 6. The van der Waals surface area contributed by atoms with Crippen LogP contribution < -0.4 is 15.4 Å². The highest BCUT2D eigenvalue weighted by molar-refractivity contribution is 6.02. The molecule has 0 saturated carbocycles. The highest BCUT2D eigenvalue weighted by Crippen LogP contribution is 2.34. The Hall–Kier alpha value is -4.14. The van der Waals surface area contributed by atoms with Crippen molar-refractivity contribution >= 4 is 28.9 Å². The predicted octanol–water partition coefficient (Wildman–Crippen LogP) is 4.07. The molecule has 0 aliphatic rings. The monoisotopic (exact) mass is 395 g/mol. The molecule has 0 aliphatic heterocycles. The molecule has 29 heavy (non-hydrogen) atoms. The zero-order valence-corrected chi connectivity index (χ0v) is 15.6. The van der Waals surface area contributed by atoms with E-state index in [0.29, 0.717) is 17.1 Å². The number of ether oxygens (including phenoxy) is 1. The third-order valence-corrected chi connectivity index (χ3v) is 3.96. The molecule has 2 N–H and O–H groups in total. The van der Waals surface area contributed by atoms with Crippen LogP contribution >= 0.6 is 0 Å². The highest BCUT2D eigenvalue weighted by atomic mass is 16.6. The van der Waals surface area contributed by atoms with Gasteiger partial charge < -0.3 is 19.8 Å². The van der Waals surface area contributed by atoms with Gasteiger partial charge in [-0.05, 0) is 48.5 Å². The molecule has 0 fully saturated rings. The summed E-state index contributed by atoms with van der Waals surface area (Å²) in [4.78, 5) is 34.2. The fourth-order valence-corrected chi connectivity index (χ4v) is 2.64. The third-order valence-electron chi connectivity index (χ3n) is 3.96. The van der Waals surface area contributed by atoms with Crippen molar-refractivity contribution in [2.45, 2.75) is 6.92 Å². The second kappa shape index (κ2) is 8.26. The van der Waals surface area contributed by atoms with Crippen LogP contribution in [-0.4, -0.2) is 23.8 Å². The molecule has 0 spiro atoms. The summed E-state index contributed by atoms with van der Waals surface area (Å²) in [6.45, 7) is 1.40. The Morgan fingerprint density at radius 2 is 1.66 bits per heavy atom. The third kappa shape index (κ3) is 4.59. The minimum absolute atomic E-state index is 0.00365. The topological polar surface area (TPSA) is 124 Å². The number of carbonyl (C=O) groups is 2. The summed E-state index contributed by atoms with van der Waals surface area (Å²) >= 11 is 0. The van der Waals surface area contributed by atoms with E-state index in [9.17, 15) is 19.7 Å². The molecule has 3 rings (SSSR count). The van der Waals surface area contributed by atoms with E-state index in [2.05, 4.69) is 10.6 Å². The van der Waals surface area contributed by atoms with Gasteiger partial charge in [-0.1, -0.05) is 0 Å². The van der Waals surface area contributed by atoms with Gasteiger partial charge in [0.05, 0.1) is 23.7 Å². The molecule has 2 amide bonds. The summed E-state index contributed by atoms with van der Waals surface area (Å²) in [5, 5.41) is 16.6. The highest BCUT2D eigenvalue weighted by Gasteiger charge is 2.21. The van der Waals surface area contributed by atoms with Crippen molar-refractivity contribution in [1.82, 2.24) is 0 Å². The molecule has 2 aromatic carbocycles. The summed E-state index contributed by atoms with van der Waals surface area (Å²) in [6.07, 6.45) is 0. The van der Waals surface area contributed by atoms with Crippen LogP contribution in [0.4, 0.5) is 17.1 Å². The summed E-state index contributed by atoms with van der Waals surface area (Å²) < 4.78 is 10.5. The maximum atomic E-state index is 12.4. The van der Waals surface area contributed by atoms with E-state index in [1.807, 2.05) is 0 Å². The van der Waals surface area contributed by atoms with Crippen LogP contribution in [0.1, 0.15) is 17.5 Å². The summed E-state index contributed by atoms with van der Waals surface area (Å²) in [5.41, 5.74) is 1.13. The van der Waals surface area contributed by atoms with E-state index in [1.54, 1.807) is 30.3 Å². The predicted molar refractivity (Wildman–Crippen MR) is 106 cm³/mol. The number of furan rings is 1. The molecule has 0 unspecified atom stereocenters. The number of nitro groups is 1. The van der Waals surface area contributed by atoms with E-state index in [-0.39, 0.29) is 28.7 Å². The number of hydrogen-bond donors (Lipinski definition) is 2. The van der Waals surface area contributed by atoms with Crippen molar-refractivity contribution in [2.75, 3.05) is 17.7 Å². The minimum Gasteiger partial charge on any atom is -0.497 e. The van der Waals surface area contributed by atoms with Gasteiger partial charge in [0.1, 0.15) is 11.5 Å². The molecule has 9 heteroatoms. The lowest BCUT2D eigenvalue weighted by atomic mass is 10.1. The molecule has 1 aromatic heterocycles. The summed E-state index contributed by atoms with van der Waals surface area (Å²) in [6, 6.07) is 13.8. The molecule has 1 heterocycles. The van der Waals surface area contributed by atoms with E-state index in [0.717, 1.165) is 0 Å². The van der Waals surface area contributed by atoms with Crippen LogP contribution in [0, 0.1) is 10.1 Å². The van der Waals surface area contributed by atoms with Gasteiger partial charge in [-0.2, -0.15) is 0 Å². The average molecular weight is 395 g/mol. The maximum Gasteiger partial charge on any atom is 0.291 e. The first kappa shape index (κ1) is 19.6. The van der Waals surface area contributed by atoms with E-state index in [1.165, 1.54) is 38.3 Å². The Morgan fingerprint density at radius 1 is 1.00 bits per heavy atom. The number of nitrogens with one attached hydrogen (secondary N) is 2. The lowest BCUT2D eigenvalue weighted by molar-refractivity contribution is -0.384. The van der Waals surface area contributed by atoms with Gasteiger partial charge >= 0.3 is 0 Å². The number of carbonyl (C=O) groups excluding carboxylic acids is 2. The van der Waals surface area contributed by atoms with E-state index >= 15 is 0 Å². The van der Waals surface area contributed by atoms with Crippen molar-refractivity contribution in [3.8, 4) is 17.1 Å². The van der Waals surface area contributed by atoms with E-state index < -0.39 is 10.8 Å². The maximum absolute atomic E-state index is 12.4. The number of hydrogen-bond acceptors (Lipinski definition) is 6. The van der Waals surface area contributed by atoms with Gasteiger partial charge in [-0.3, -0.25) is 19.7 Å². The van der Waals surface area contributed by atoms with Gasteiger partial charge in [0.2, 0.25) is 5.91 Å². The Bertz CT molecular complexity index is 1070. The van der Waals surface area contributed by atoms with Crippen molar-refractivity contribution in [2.24, 2.45) is 0 Å². The standard InChI is InChI=1S/C20H17N3O6/c1-12(24)21-13-3-5-14(6-4-13)22-20(25)19-10-9-18(29-19)16-8-7-15(28-2)11-17(16)23(26)27/h3-11H,1-2H3,(H,21,24)(H,22,25). The Kier molecular flexibility index (Phi) is 5.59. The van der Waals surface area contributed by atoms with Gasteiger partial charge in [0.25, 0.3) is 11.6 Å². The lowest BCUT2D eigenvalue weighted by Crippen LogP contribution is -2.11. The molecule has 0 atom stereocenters. The summed E-state index contributed by atoms with van der Waals surface area (Å²) in [7, 11) is 1.41. The summed E-state index contributed by atoms with van der Waals surface area (Å²) in [5.74, 6) is -0.188.